The van der Waals surface area contributed by atoms with E-state index >= 15 is 0 Å². The van der Waals surface area contributed by atoms with E-state index in [1.807, 2.05) is 0 Å². The minimum absolute atomic E-state index is 0.0516. The molecule has 0 spiro atoms. The van der Waals surface area contributed by atoms with Gasteiger partial charge in [-0.1, -0.05) is 6.92 Å². The number of hydrogen-bond donors (Lipinski definition) is 0. The molecule has 0 aliphatic rings. The van der Waals surface area contributed by atoms with E-state index in [-0.39, 0.29) is 17.4 Å². The molecule has 0 bridgehead atoms. The average Bonchev–Trinajstić information content (AvgIpc) is 2.14. The molecule has 0 fully saturated rings. The number of alkyl halides is 2. The molecule has 0 heterocycles. The third-order valence-electron chi connectivity index (χ3n) is 1.96. The molecule has 3 nitrogen and oxygen atoms in total. The van der Waals surface area contributed by atoms with Crippen molar-refractivity contribution in [3.05, 3.63) is 30.7 Å². The molecule has 0 N–H and O–H groups in total. The summed E-state index contributed by atoms with van der Waals surface area (Å²) in [5.41, 5.74) is 0.652. The summed E-state index contributed by atoms with van der Waals surface area (Å²) >= 11 is 0. The Hall–Kier alpha value is -1.65. The van der Waals surface area contributed by atoms with Gasteiger partial charge in [0, 0.05) is 13.0 Å². The van der Waals surface area contributed by atoms with Crippen LogP contribution in [0, 0.1) is 6.92 Å². The van der Waals surface area contributed by atoms with Gasteiger partial charge in [0.15, 0.2) is 0 Å². The van der Waals surface area contributed by atoms with Crippen molar-refractivity contribution in [2.75, 3.05) is 0 Å². The minimum atomic E-state index is -2.92. The van der Waals surface area contributed by atoms with Gasteiger partial charge in [-0.15, -0.1) is 0 Å². The molecule has 17 heavy (non-hydrogen) atoms. The molecule has 1 aromatic rings. The van der Waals surface area contributed by atoms with Crippen molar-refractivity contribution in [3.63, 3.8) is 0 Å². The number of rotatable bonds is 4. The predicted molar refractivity (Wildman–Crippen MR) is 58.2 cm³/mol. The van der Waals surface area contributed by atoms with Crippen molar-refractivity contribution in [1.82, 2.24) is 0 Å². The largest absolute Gasteiger partial charge is 0.435 e. The molecule has 1 rings (SSSR count). The van der Waals surface area contributed by atoms with Crippen molar-refractivity contribution in [2.45, 2.75) is 26.4 Å². The molecule has 1 atom stereocenters. The van der Waals surface area contributed by atoms with Crippen molar-refractivity contribution in [2.24, 2.45) is 0 Å². The quantitative estimate of drug-likeness (QED) is 0.602. The zero-order chi connectivity index (χ0) is 13.0. The summed E-state index contributed by atoms with van der Waals surface area (Å²) in [6.45, 7) is 3.87. The van der Waals surface area contributed by atoms with Gasteiger partial charge in [-0.25, -0.2) is 0 Å². The predicted octanol–water partition coefficient (Wildman–Crippen LogP) is 3.15. The van der Waals surface area contributed by atoms with Gasteiger partial charge in [0.25, 0.3) is 0 Å². The first kappa shape index (κ1) is 13.4. The first-order valence-electron chi connectivity index (χ1n) is 4.99. The van der Waals surface area contributed by atoms with E-state index in [0.717, 1.165) is 0 Å². The highest BCUT2D eigenvalue weighted by molar-refractivity contribution is 5.69. The summed E-state index contributed by atoms with van der Waals surface area (Å²) in [5, 5.41) is 0. The van der Waals surface area contributed by atoms with E-state index in [4.69, 9.17) is 4.74 Å². The normalized spacial score (nSPS) is 10.8. The SMILES string of the molecule is [CH2]C(C)c1cc(OC(C)=O)cc(OC(F)F)c1. The number of carbonyl (C=O) groups is 1. The summed E-state index contributed by atoms with van der Waals surface area (Å²) in [7, 11) is 0. The molecule has 93 valence electrons. The second-order valence-electron chi connectivity index (χ2n) is 3.61. The number of benzene rings is 1. The highest BCUT2D eigenvalue weighted by Crippen LogP contribution is 2.28. The Kier molecular flexibility index (Phi) is 4.43. The number of esters is 1. The van der Waals surface area contributed by atoms with Crippen LogP contribution in [0.25, 0.3) is 0 Å². The zero-order valence-electron chi connectivity index (χ0n) is 9.57. The molecule has 0 aromatic heterocycles. The lowest BCUT2D eigenvalue weighted by Crippen LogP contribution is -2.05. The minimum Gasteiger partial charge on any atom is -0.435 e. The number of halogens is 2. The van der Waals surface area contributed by atoms with Crippen LogP contribution in [0.5, 0.6) is 11.5 Å². The first-order chi connectivity index (χ1) is 7.88. The lowest BCUT2D eigenvalue weighted by molar-refractivity contribution is -0.131. The van der Waals surface area contributed by atoms with Crippen LogP contribution < -0.4 is 9.47 Å². The number of carbonyl (C=O) groups excluding carboxylic acids is 1. The topological polar surface area (TPSA) is 35.5 Å². The molecule has 0 saturated carbocycles. The van der Waals surface area contributed by atoms with Gasteiger partial charge in [-0.05, 0) is 30.5 Å². The fraction of sp³-hybridized carbons (Fsp3) is 0.333. The van der Waals surface area contributed by atoms with Gasteiger partial charge in [-0.2, -0.15) is 8.78 Å². The van der Waals surface area contributed by atoms with Crippen LogP contribution in [-0.4, -0.2) is 12.6 Å². The van der Waals surface area contributed by atoms with Crippen LogP contribution in [0.15, 0.2) is 18.2 Å². The second-order valence-corrected chi connectivity index (χ2v) is 3.61. The standard InChI is InChI=1S/C12H13F2O3/c1-7(2)9-4-10(16-8(3)15)6-11(5-9)17-12(13)14/h4-7,12H,1H2,2-3H3. The molecule has 0 aliphatic heterocycles. The van der Waals surface area contributed by atoms with Crippen LogP contribution in [0.4, 0.5) is 8.78 Å². The van der Waals surface area contributed by atoms with Crippen molar-refractivity contribution < 1.29 is 23.0 Å². The van der Waals surface area contributed by atoms with E-state index < -0.39 is 12.6 Å². The third kappa shape index (κ3) is 4.38. The summed E-state index contributed by atoms with van der Waals surface area (Å²) < 4.78 is 33.3. The highest BCUT2D eigenvalue weighted by Gasteiger charge is 2.11. The maximum absolute atomic E-state index is 12.1. The van der Waals surface area contributed by atoms with Gasteiger partial charge in [0.2, 0.25) is 0 Å². The van der Waals surface area contributed by atoms with Gasteiger partial charge >= 0.3 is 12.6 Å². The Morgan fingerprint density at radius 3 is 2.35 bits per heavy atom. The molecule has 0 saturated heterocycles. The van der Waals surface area contributed by atoms with Crippen molar-refractivity contribution >= 4 is 5.97 Å². The average molecular weight is 243 g/mol. The summed E-state index contributed by atoms with van der Waals surface area (Å²) in [6.07, 6.45) is 0. The number of hydrogen-bond acceptors (Lipinski definition) is 3. The van der Waals surface area contributed by atoms with Crippen LogP contribution in [-0.2, 0) is 4.79 Å². The van der Waals surface area contributed by atoms with E-state index in [1.165, 1.54) is 19.1 Å². The zero-order valence-corrected chi connectivity index (χ0v) is 9.57. The fourth-order valence-electron chi connectivity index (χ4n) is 1.27. The monoisotopic (exact) mass is 243 g/mol. The maximum atomic E-state index is 12.1. The van der Waals surface area contributed by atoms with Crippen molar-refractivity contribution in [3.8, 4) is 11.5 Å². The van der Waals surface area contributed by atoms with Crippen LogP contribution in [0.1, 0.15) is 25.3 Å². The Bertz CT molecular complexity index is 403. The Morgan fingerprint density at radius 2 is 1.88 bits per heavy atom. The lowest BCUT2D eigenvalue weighted by Gasteiger charge is -2.12. The molecule has 1 aromatic carbocycles. The molecule has 0 aliphatic carbocycles. The van der Waals surface area contributed by atoms with E-state index in [9.17, 15) is 13.6 Å². The molecule has 1 radical (unpaired) electrons. The van der Waals surface area contributed by atoms with Crippen LogP contribution >= 0.6 is 0 Å². The van der Waals surface area contributed by atoms with Crippen LogP contribution in [0.3, 0.4) is 0 Å². The summed E-state index contributed by atoms with van der Waals surface area (Å²) in [5.74, 6) is -0.544. The Labute approximate surface area is 98.3 Å². The molecule has 5 heteroatoms. The third-order valence-corrected chi connectivity index (χ3v) is 1.96. The second kappa shape index (κ2) is 5.61. The summed E-state index contributed by atoms with van der Waals surface area (Å²) in [4.78, 5) is 10.8. The van der Waals surface area contributed by atoms with Crippen LogP contribution in [0.2, 0.25) is 0 Å². The van der Waals surface area contributed by atoms with Gasteiger partial charge in [-0.3, -0.25) is 4.79 Å². The Balaban J connectivity index is 3.04. The lowest BCUT2D eigenvalue weighted by atomic mass is 10.0. The highest BCUT2D eigenvalue weighted by atomic mass is 19.3. The van der Waals surface area contributed by atoms with E-state index in [1.54, 1.807) is 13.0 Å². The first-order valence-corrected chi connectivity index (χ1v) is 4.99. The molecular weight excluding hydrogens is 230 g/mol. The Morgan fingerprint density at radius 1 is 1.29 bits per heavy atom. The van der Waals surface area contributed by atoms with Gasteiger partial charge < -0.3 is 9.47 Å². The van der Waals surface area contributed by atoms with E-state index in [2.05, 4.69) is 11.7 Å². The van der Waals surface area contributed by atoms with Gasteiger partial charge in [0.05, 0.1) is 0 Å². The maximum Gasteiger partial charge on any atom is 0.387 e. The molecule has 0 amide bonds. The molecular formula is C12H13F2O3. The smallest absolute Gasteiger partial charge is 0.387 e. The van der Waals surface area contributed by atoms with Crippen molar-refractivity contribution in [1.29, 1.82) is 0 Å². The van der Waals surface area contributed by atoms with E-state index in [0.29, 0.717) is 5.56 Å². The number of ether oxygens (including phenoxy) is 2. The summed E-state index contributed by atoms with van der Waals surface area (Å²) in [6, 6.07) is 4.24. The fourth-order valence-corrected chi connectivity index (χ4v) is 1.27. The molecule has 1 unspecified atom stereocenters. The van der Waals surface area contributed by atoms with Gasteiger partial charge in [0.1, 0.15) is 11.5 Å².